The zero-order valence-corrected chi connectivity index (χ0v) is 18.5. The van der Waals surface area contributed by atoms with Crippen molar-refractivity contribution in [2.45, 2.75) is 56.2 Å². The summed E-state index contributed by atoms with van der Waals surface area (Å²) in [6, 6.07) is 9.93. The number of hydrogen-bond acceptors (Lipinski definition) is 4. The number of nitrogens with one attached hydrogen (secondary N) is 1. The third-order valence-corrected chi connectivity index (χ3v) is 7.25. The Balaban J connectivity index is 2.14. The third kappa shape index (κ3) is 5.41. The summed E-state index contributed by atoms with van der Waals surface area (Å²) in [6.07, 6.45) is 0.433. The minimum atomic E-state index is -3.73. The van der Waals surface area contributed by atoms with Gasteiger partial charge in [0.1, 0.15) is 0 Å². The topological polar surface area (TPSA) is 106 Å². The Labute approximate surface area is 168 Å². The van der Waals surface area contributed by atoms with Gasteiger partial charge in [-0.2, -0.15) is 0 Å². The zero-order valence-electron chi connectivity index (χ0n) is 16.9. The van der Waals surface area contributed by atoms with E-state index in [1.807, 2.05) is 26.0 Å². The van der Waals surface area contributed by atoms with E-state index >= 15 is 0 Å². The number of primary sulfonamides is 1. The highest BCUT2D eigenvalue weighted by Crippen LogP contribution is 2.29. The summed E-state index contributed by atoms with van der Waals surface area (Å²) in [4.78, 5) is 0.340. The van der Waals surface area contributed by atoms with E-state index in [1.54, 1.807) is 12.1 Å². The van der Waals surface area contributed by atoms with Crippen molar-refractivity contribution in [3.63, 3.8) is 0 Å². The maximum absolute atomic E-state index is 12.8. The summed E-state index contributed by atoms with van der Waals surface area (Å²) in [5, 5.41) is 5.07. The average Bonchev–Trinajstić information content (AvgIpc) is 2.52. The molecule has 0 aromatic heterocycles. The molecule has 28 heavy (non-hydrogen) atoms. The lowest BCUT2D eigenvalue weighted by atomic mass is 9.85. The second kappa shape index (κ2) is 7.94. The van der Waals surface area contributed by atoms with E-state index in [1.165, 1.54) is 12.1 Å². The molecule has 0 bridgehead atoms. The van der Waals surface area contributed by atoms with E-state index in [9.17, 15) is 16.8 Å². The van der Waals surface area contributed by atoms with Crippen molar-refractivity contribution in [3.8, 4) is 0 Å². The van der Waals surface area contributed by atoms with Gasteiger partial charge in [-0.15, -0.1) is 0 Å². The lowest BCUT2D eigenvalue weighted by Gasteiger charge is -2.22. The molecule has 3 N–H and O–H groups in total. The summed E-state index contributed by atoms with van der Waals surface area (Å²) >= 11 is 0. The van der Waals surface area contributed by atoms with Gasteiger partial charge in [0, 0.05) is 6.54 Å². The minimum Gasteiger partial charge on any atom is -0.225 e. The van der Waals surface area contributed by atoms with Crippen molar-refractivity contribution >= 4 is 20.0 Å². The first-order valence-electron chi connectivity index (χ1n) is 8.95. The summed E-state index contributed by atoms with van der Waals surface area (Å²) in [5.74, 6) is 0. The third-order valence-electron chi connectivity index (χ3n) is 4.55. The fraction of sp³-hybridized carbons (Fsp3) is 0.400. The Morgan fingerprint density at radius 1 is 0.929 bits per heavy atom. The monoisotopic (exact) mass is 424 g/mol. The molecule has 0 heterocycles. The molecule has 0 amide bonds. The number of nitrogens with two attached hydrogens (primary N) is 1. The molecule has 2 aromatic carbocycles. The molecule has 0 atom stereocenters. The van der Waals surface area contributed by atoms with Gasteiger partial charge >= 0.3 is 0 Å². The van der Waals surface area contributed by atoms with Gasteiger partial charge in [-0.25, -0.2) is 26.7 Å². The van der Waals surface area contributed by atoms with Crippen LogP contribution in [0.1, 0.15) is 43.0 Å². The smallest absolute Gasteiger partial charge is 0.225 e. The quantitative estimate of drug-likeness (QED) is 0.743. The molecule has 0 saturated carbocycles. The summed E-state index contributed by atoms with van der Waals surface area (Å²) in [6.45, 7) is 10.1. The van der Waals surface area contributed by atoms with Crippen LogP contribution in [0.2, 0.25) is 0 Å². The zero-order chi connectivity index (χ0) is 21.3. The number of hydrogen-bond donors (Lipinski definition) is 2. The van der Waals surface area contributed by atoms with Gasteiger partial charge < -0.3 is 0 Å². The molecule has 6 nitrogen and oxygen atoms in total. The number of sulfonamides is 2. The highest BCUT2D eigenvalue weighted by Gasteiger charge is 2.23. The normalized spacial score (nSPS) is 12.9. The lowest BCUT2D eigenvalue weighted by Crippen LogP contribution is -2.27. The number of benzene rings is 2. The first kappa shape index (κ1) is 22.5. The number of rotatable bonds is 6. The molecule has 0 aliphatic heterocycles. The van der Waals surface area contributed by atoms with E-state index in [4.69, 9.17) is 5.14 Å². The maximum atomic E-state index is 12.8. The van der Waals surface area contributed by atoms with Crippen molar-refractivity contribution in [2.75, 3.05) is 6.54 Å². The van der Waals surface area contributed by atoms with Crippen molar-refractivity contribution < 1.29 is 16.8 Å². The van der Waals surface area contributed by atoms with Gasteiger partial charge in [0.05, 0.1) is 9.79 Å². The lowest BCUT2D eigenvalue weighted by molar-refractivity contribution is 0.576. The molecule has 0 spiro atoms. The summed E-state index contributed by atoms with van der Waals surface area (Å²) < 4.78 is 50.8. The number of aryl methyl sites for hydroxylation is 2. The highest BCUT2D eigenvalue weighted by molar-refractivity contribution is 7.89. The van der Waals surface area contributed by atoms with Gasteiger partial charge in [0.25, 0.3) is 0 Å². The van der Waals surface area contributed by atoms with E-state index in [2.05, 4.69) is 25.5 Å². The molecule has 0 unspecified atom stereocenters. The molecular weight excluding hydrogens is 396 g/mol. The maximum Gasteiger partial charge on any atom is 0.241 e. The van der Waals surface area contributed by atoms with Crippen molar-refractivity contribution in [1.29, 1.82) is 0 Å². The minimum absolute atomic E-state index is 0.0296. The van der Waals surface area contributed by atoms with Crippen LogP contribution in [0.25, 0.3) is 0 Å². The summed E-state index contributed by atoms with van der Waals surface area (Å²) in [5.41, 5.74) is 3.28. The molecule has 2 aromatic rings. The van der Waals surface area contributed by atoms with E-state index in [-0.39, 0.29) is 16.9 Å². The van der Waals surface area contributed by atoms with E-state index < -0.39 is 20.0 Å². The van der Waals surface area contributed by atoms with Crippen LogP contribution in [0.3, 0.4) is 0 Å². The van der Waals surface area contributed by atoms with Crippen LogP contribution < -0.4 is 9.86 Å². The van der Waals surface area contributed by atoms with Crippen LogP contribution >= 0.6 is 0 Å². The van der Waals surface area contributed by atoms with Crippen LogP contribution in [0, 0.1) is 13.8 Å². The van der Waals surface area contributed by atoms with Gasteiger partial charge in [-0.05, 0) is 60.1 Å². The molecule has 0 aliphatic rings. The second-order valence-electron chi connectivity index (χ2n) is 8.03. The standard InChI is InChI=1S/C20H28N2O4S2/c1-14-12-17(20(3,4)5)13-15(2)19(14)28(25,26)22-11-10-16-6-8-18(9-7-16)27(21,23)24/h6-9,12-13,22H,10-11H2,1-5H3,(H2,21,23,24). The van der Waals surface area contributed by atoms with Crippen molar-refractivity contribution in [3.05, 3.63) is 58.7 Å². The van der Waals surface area contributed by atoms with Gasteiger partial charge in [0.15, 0.2) is 0 Å². The molecule has 154 valence electrons. The fourth-order valence-corrected chi connectivity index (χ4v) is 5.05. The fourth-order valence-electron chi connectivity index (χ4n) is 3.05. The Morgan fingerprint density at radius 2 is 1.43 bits per heavy atom. The van der Waals surface area contributed by atoms with E-state index in [0.717, 1.165) is 22.3 Å². The van der Waals surface area contributed by atoms with Crippen LogP contribution in [0.5, 0.6) is 0 Å². The predicted molar refractivity (Wildman–Crippen MR) is 111 cm³/mol. The average molecular weight is 425 g/mol. The largest absolute Gasteiger partial charge is 0.241 e. The Kier molecular flexibility index (Phi) is 6.40. The molecule has 0 radical (unpaired) electrons. The van der Waals surface area contributed by atoms with Crippen LogP contribution in [-0.4, -0.2) is 23.4 Å². The van der Waals surface area contributed by atoms with E-state index in [0.29, 0.717) is 11.3 Å². The van der Waals surface area contributed by atoms with Crippen LogP contribution in [-0.2, 0) is 31.9 Å². The van der Waals surface area contributed by atoms with Crippen molar-refractivity contribution in [1.82, 2.24) is 4.72 Å². The Morgan fingerprint density at radius 3 is 1.86 bits per heavy atom. The second-order valence-corrected chi connectivity index (χ2v) is 11.3. The molecule has 0 fully saturated rings. The molecular formula is C20H28N2O4S2. The SMILES string of the molecule is Cc1cc(C(C)(C)C)cc(C)c1S(=O)(=O)NCCc1ccc(S(N)(=O)=O)cc1. The molecule has 2 rings (SSSR count). The molecule has 8 heteroatoms. The molecule has 0 saturated heterocycles. The predicted octanol–water partition coefficient (Wildman–Crippen LogP) is 2.77. The van der Waals surface area contributed by atoms with Crippen molar-refractivity contribution in [2.24, 2.45) is 5.14 Å². The highest BCUT2D eigenvalue weighted by atomic mass is 32.2. The van der Waals surface area contributed by atoms with Gasteiger partial charge in [0.2, 0.25) is 20.0 Å². The van der Waals surface area contributed by atoms with Crippen LogP contribution in [0.4, 0.5) is 0 Å². The Hall–Kier alpha value is -1.74. The van der Waals surface area contributed by atoms with Gasteiger partial charge in [-0.3, -0.25) is 0 Å². The first-order chi connectivity index (χ1) is 12.7. The first-order valence-corrected chi connectivity index (χ1v) is 12.0. The van der Waals surface area contributed by atoms with Gasteiger partial charge in [-0.1, -0.05) is 45.0 Å². The molecule has 0 aliphatic carbocycles. The Bertz CT molecular complexity index is 1040. The summed E-state index contributed by atoms with van der Waals surface area (Å²) in [7, 11) is -7.39. The van der Waals surface area contributed by atoms with Crippen LogP contribution in [0.15, 0.2) is 46.2 Å².